The van der Waals surface area contributed by atoms with Crippen LogP contribution in [0.2, 0.25) is 10.0 Å². The third-order valence-corrected chi connectivity index (χ3v) is 7.99. The van der Waals surface area contributed by atoms with Gasteiger partial charge in [0, 0.05) is 63.5 Å². The number of ketones is 2. The highest BCUT2D eigenvalue weighted by Gasteiger charge is 2.43. The molecule has 2 aromatic rings. The van der Waals surface area contributed by atoms with Crippen LogP contribution in [0.3, 0.4) is 0 Å². The zero-order valence-corrected chi connectivity index (χ0v) is 22.8. The van der Waals surface area contributed by atoms with Gasteiger partial charge in [0.05, 0.1) is 6.61 Å². The van der Waals surface area contributed by atoms with E-state index in [4.69, 9.17) is 32.7 Å². The third kappa shape index (κ3) is 4.92. The molecule has 0 fully saturated rings. The SMILES string of the molecule is CCOc1cc(C2C3=C(CCCC3=O)N(CC)C3=C2C(=O)CCC3)ccc1OCc1ccc(Cl)cc1Cl. The van der Waals surface area contributed by atoms with Crippen LogP contribution in [-0.2, 0) is 16.2 Å². The number of hydrogen-bond acceptors (Lipinski definition) is 5. The summed E-state index contributed by atoms with van der Waals surface area (Å²) in [5, 5.41) is 1.11. The molecule has 2 aliphatic carbocycles. The van der Waals surface area contributed by atoms with E-state index in [1.807, 2.05) is 31.2 Å². The topological polar surface area (TPSA) is 55.8 Å². The van der Waals surface area contributed by atoms with Crippen LogP contribution in [0.25, 0.3) is 0 Å². The fourth-order valence-corrected chi connectivity index (χ4v) is 6.28. The minimum atomic E-state index is -0.368. The molecule has 0 atom stereocenters. The lowest BCUT2D eigenvalue weighted by Crippen LogP contribution is -2.39. The summed E-state index contributed by atoms with van der Waals surface area (Å²) in [5.41, 5.74) is 5.45. The molecule has 5 nitrogen and oxygen atoms in total. The molecule has 0 spiro atoms. The van der Waals surface area contributed by atoms with Crippen molar-refractivity contribution in [2.24, 2.45) is 0 Å². The second kappa shape index (κ2) is 10.9. The Labute approximate surface area is 228 Å². The van der Waals surface area contributed by atoms with Gasteiger partial charge in [0.25, 0.3) is 0 Å². The Morgan fingerprint density at radius 1 is 0.838 bits per heavy atom. The van der Waals surface area contributed by atoms with Gasteiger partial charge in [0.2, 0.25) is 0 Å². The van der Waals surface area contributed by atoms with Crippen LogP contribution >= 0.6 is 23.2 Å². The molecule has 7 heteroatoms. The Balaban J connectivity index is 1.56. The second-order valence-corrected chi connectivity index (χ2v) is 10.5. The number of halogens is 2. The normalized spacial score (nSPS) is 18.2. The van der Waals surface area contributed by atoms with E-state index in [2.05, 4.69) is 11.8 Å². The average Bonchev–Trinajstić information content (AvgIpc) is 2.88. The summed E-state index contributed by atoms with van der Waals surface area (Å²) in [6.45, 7) is 5.49. The quantitative estimate of drug-likeness (QED) is 0.366. The van der Waals surface area contributed by atoms with Gasteiger partial charge < -0.3 is 14.4 Å². The highest BCUT2D eigenvalue weighted by molar-refractivity contribution is 6.35. The monoisotopic (exact) mass is 539 g/mol. The minimum absolute atomic E-state index is 0.144. The highest BCUT2D eigenvalue weighted by atomic mass is 35.5. The Hall–Kier alpha value is -2.76. The van der Waals surface area contributed by atoms with Crippen LogP contribution in [0, 0.1) is 0 Å². The number of rotatable bonds is 7. The Morgan fingerprint density at radius 2 is 1.51 bits per heavy atom. The van der Waals surface area contributed by atoms with Crippen LogP contribution in [0.1, 0.15) is 69.4 Å². The second-order valence-electron chi connectivity index (χ2n) is 9.62. The lowest BCUT2D eigenvalue weighted by atomic mass is 9.71. The van der Waals surface area contributed by atoms with Crippen molar-refractivity contribution in [3.63, 3.8) is 0 Å². The summed E-state index contributed by atoms with van der Waals surface area (Å²) in [7, 11) is 0. The molecule has 1 heterocycles. The predicted octanol–water partition coefficient (Wildman–Crippen LogP) is 7.40. The van der Waals surface area contributed by atoms with Gasteiger partial charge in [0.1, 0.15) is 6.61 Å². The number of Topliss-reactive ketones (excluding diaryl/α,β-unsaturated/α-hetero) is 2. The molecule has 2 aromatic carbocycles. The summed E-state index contributed by atoms with van der Waals surface area (Å²) in [6.07, 6.45) is 4.45. The molecule has 0 bridgehead atoms. The molecule has 194 valence electrons. The van der Waals surface area contributed by atoms with Crippen molar-refractivity contribution in [1.82, 2.24) is 4.90 Å². The van der Waals surface area contributed by atoms with Crippen molar-refractivity contribution >= 4 is 34.8 Å². The van der Waals surface area contributed by atoms with Crippen molar-refractivity contribution in [3.8, 4) is 11.5 Å². The summed E-state index contributed by atoms with van der Waals surface area (Å²) < 4.78 is 12.1. The van der Waals surface area contributed by atoms with Crippen molar-refractivity contribution in [2.75, 3.05) is 13.2 Å². The van der Waals surface area contributed by atoms with Gasteiger partial charge in [-0.2, -0.15) is 0 Å². The first-order valence-corrected chi connectivity index (χ1v) is 13.8. The first kappa shape index (κ1) is 25.9. The first-order chi connectivity index (χ1) is 17.9. The molecular weight excluding hydrogens is 509 g/mol. The Bertz CT molecular complexity index is 1270. The van der Waals surface area contributed by atoms with Crippen LogP contribution in [0.5, 0.6) is 11.5 Å². The van der Waals surface area contributed by atoms with Gasteiger partial charge in [-0.3, -0.25) is 9.59 Å². The summed E-state index contributed by atoms with van der Waals surface area (Å²) >= 11 is 12.4. The molecule has 0 N–H and O–H groups in total. The van der Waals surface area contributed by atoms with E-state index in [1.54, 1.807) is 12.1 Å². The Morgan fingerprint density at radius 3 is 2.11 bits per heavy atom. The van der Waals surface area contributed by atoms with Crippen molar-refractivity contribution < 1.29 is 19.1 Å². The van der Waals surface area contributed by atoms with E-state index in [9.17, 15) is 9.59 Å². The van der Waals surface area contributed by atoms with Crippen molar-refractivity contribution in [2.45, 2.75) is 64.9 Å². The van der Waals surface area contributed by atoms with Gasteiger partial charge in [-0.1, -0.05) is 35.3 Å². The lowest BCUT2D eigenvalue weighted by molar-refractivity contribution is -0.117. The number of allylic oxidation sites excluding steroid dienone is 4. The van der Waals surface area contributed by atoms with E-state index >= 15 is 0 Å². The molecule has 0 radical (unpaired) electrons. The molecule has 0 saturated heterocycles. The number of hydrogen-bond donors (Lipinski definition) is 0. The van der Waals surface area contributed by atoms with Gasteiger partial charge in [-0.05, 0) is 69.4 Å². The largest absolute Gasteiger partial charge is 0.490 e. The van der Waals surface area contributed by atoms with Crippen LogP contribution in [-0.4, -0.2) is 29.6 Å². The van der Waals surface area contributed by atoms with E-state index in [-0.39, 0.29) is 24.1 Å². The zero-order valence-electron chi connectivity index (χ0n) is 21.2. The molecule has 0 amide bonds. The van der Waals surface area contributed by atoms with Crippen molar-refractivity contribution in [1.29, 1.82) is 0 Å². The summed E-state index contributed by atoms with van der Waals surface area (Å²) in [6, 6.07) is 11.1. The maximum atomic E-state index is 13.4. The standard InChI is InChI=1S/C30H31Cl2NO4/c1-3-33-22-7-5-9-24(34)29(22)28(30-23(33)8-6-10-25(30)35)18-12-14-26(27(15-18)36-4-2)37-17-19-11-13-20(31)16-21(19)32/h11-16,28H,3-10,17H2,1-2H3. The van der Waals surface area contributed by atoms with E-state index < -0.39 is 0 Å². The molecule has 0 unspecified atom stereocenters. The van der Waals surface area contributed by atoms with Crippen LogP contribution in [0.15, 0.2) is 58.9 Å². The molecule has 0 aromatic heterocycles. The number of benzene rings is 2. The molecule has 1 aliphatic heterocycles. The average molecular weight is 540 g/mol. The van der Waals surface area contributed by atoms with E-state index in [0.717, 1.165) is 65.9 Å². The fourth-order valence-electron chi connectivity index (χ4n) is 5.82. The van der Waals surface area contributed by atoms with Crippen molar-refractivity contribution in [3.05, 3.63) is 80.1 Å². The molecule has 0 saturated carbocycles. The smallest absolute Gasteiger partial charge is 0.161 e. The molecule has 5 rings (SSSR count). The number of ether oxygens (including phenoxy) is 2. The highest BCUT2D eigenvalue weighted by Crippen LogP contribution is 2.50. The molecule has 37 heavy (non-hydrogen) atoms. The number of carbonyl (C=O) groups is 2. The molecular formula is C30H31Cl2NO4. The zero-order chi connectivity index (χ0) is 26.1. The minimum Gasteiger partial charge on any atom is -0.490 e. The summed E-state index contributed by atoms with van der Waals surface area (Å²) in [5.74, 6) is 1.08. The van der Waals surface area contributed by atoms with Gasteiger partial charge in [0.15, 0.2) is 23.1 Å². The van der Waals surface area contributed by atoms with E-state index in [0.29, 0.717) is 41.0 Å². The number of nitrogens with zero attached hydrogens (tertiary/aromatic N) is 1. The maximum Gasteiger partial charge on any atom is 0.161 e. The lowest BCUT2D eigenvalue weighted by Gasteiger charge is -2.43. The van der Waals surface area contributed by atoms with Crippen LogP contribution < -0.4 is 9.47 Å². The van der Waals surface area contributed by atoms with Gasteiger partial charge in [-0.25, -0.2) is 0 Å². The maximum absolute atomic E-state index is 13.4. The molecule has 3 aliphatic rings. The summed E-state index contributed by atoms with van der Waals surface area (Å²) in [4.78, 5) is 28.9. The van der Waals surface area contributed by atoms with Gasteiger partial charge >= 0.3 is 0 Å². The number of carbonyl (C=O) groups excluding carboxylic acids is 2. The van der Waals surface area contributed by atoms with Crippen LogP contribution in [0.4, 0.5) is 0 Å². The predicted molar refractivity (Wildman–Crippen MR) is 145 cm³/mol. The third-order valence-electron chi connectivity index (χ3n) is 7.40. The fraction of sp³-hybridized carbons (Fsp3) is 0.400. The first-order valence-electron chi connectivity index (χ1n) is 13.1. The van der Waals surface area contributed by atoms with Gasteiger partial charge in [-0.15, -0.1) is 0 Å². The Kier molecular flexibility index (Phi) is 7.64. The van der Waals surface area contributed by atoms with E-state index in [1.165, 1.54) is 0 Å².